The Morgan fingerprint density at radius 2 is 1.77 bits per heavy atom. The number of sulfonamides is 1. The molecule has 18 heteroatoms. The minimum Gasteiger partial charge on any atom is -0.508 e. The number of aliphatic hydroxyl groups excluding tert-OH is 1. The summed E-state index contributed by atoms with van der Waals surface area (Å²) < 4.78 is 38.3. The number of halogens is 1. The molecule has 3 heterocycles. The van der Waals surface area contributed by atoms with E-state index in [1.807, 2.05) is 12.1 Å². The minimum atomic E-state index is -3.63. The normalized spacial score (nSPS) is 15.9. The van der Waals surface area contributed by atoms with Crippen molar-refractivity contribution in [3.05, 3.63) is 41.0 Å². The molecule has 5 rings (SSSR count). The Hall–Kier alpha value is -4.10. The number of anilines is 6. The van der Waals surface area contributed by atoms with Crippen molar-refractivity contribution in [2.24, 2.45) is 0 Å². The molecule has 3 aromatic rings. The lowest BCUT2D eigenvalue weighted by Gasteiger charge is -2.36. The number of phenols is 1. The van der Waals surface area contributed by atoms with Crippen LogP contribution in [0.25, 0.3) is 0 Å². The summed E-state index contributed by atoms with van der Waals surface area (Å²) in [6, 6.07) is 8.19. The zero-order valence-corrected chi connectivity index (χ0v) is 33.0. The number of nitrogens with one attached hydrogen (secondary N) is 3. The van der Waals surface area contributed by atoms with Crippen molar-refractivity contribution in [2.75, 3.05) is 106 Å². The first kappa shape index (κ1) is 40.1. The van der Waals surface area contributed by atoms with Crippen LogP contribution in [0.3, 0.4) is 0 Å². The van der Waals surface area contributed by atoms with Crippen molar-refractivity contribution < 1.29 is 32.9 Å². The fourth-order valence-corrected chi connectivity index (χ4v) is 6.95. The number of piperidine rings is 1. The third-order valence-corrected chi connectivity index (χ3v) is 11.1. The molecule has 16 nitrogen and oxygen atoms in total. The van der Waals surface area contributed by atoms with E-state index in [1.165, 1.54) is 19.2 Å². The number of phenolic OH excluding ortho intramolecular Hbond substituents is 1. The number of benzene rings is 2. The first-order valence-corrected chi connectivity index (χ1v) is 20.2. The lowest BCUT2D eigenvalue weighted by Crippen LogP contribution is -2.51. The highest BCUT2D eigenvalue weighted by Gasteiger charge is 2.26. The third-order valence-electron chi connectivity index (χ3n) is 9.32. The maximum atomic E-state index is 12.8. The van der Waals surface area contributed by atoms with Crippen molar-refractivity contribution >= 4 is 66.4 Å². The number of piperazine rings is 1. The highest BCUT2D eigenvalue weighted by atomic mass is 79.9. The summed E-state index contributed by atoms with van der Waals surface area (Å²) in [4.78, 5) is 28.6. The first-order valence-electron chi connectivity index (χ1n) is 17.6. The van der Waals surface area contributed by atoms with Crippen LogP contribution in [0.4, 0.5) is 34.5 Å². The van der Waals surface area contributed by atoms with Gasteiger partial charge in [0.15, 0.2) is 0 Å². The Morgan fingerprint density at radius 1 is 1.04 bits per heavy atom. The smallest absolute Gasteiger partial charge is 0.234 e. The number of unbranched alkanes of at least 4 members (excludes halogenated alkanes) is 1. The number of aromatic nitrogens is 2. The van der Waals surface area contributed by atoms with Crippen LogP contribution < -0.4 is 34.6 Å². The molecule has 5 N–H and O–H groups in total. The largest absolute Gasteiger partial charge is 0.508 e. The number of aliphatic hydroxyl groups is 1. The molecule has 0 radical (unpaired) electrons. The molecule has 2 fully saturated rings. The average Bonchev–Trinajstić information content (AvgIpc) is 3.13. The van der Waals surface area contributed by atoms with Crippen LogP contribution in [0.5, 0.6) is 17.2 Å². The van der Waals surface area contributed by atoms with Gasteiger partial charge in [-0.3, -0.25) is 14.0 Å². The molecule has 1 aromatic heterocycles. The van der Waals surface area contributed by atoms with Crippen molar-refractivity contribution in [1.29, 1.82) is 0 Å². The number of rotatable bonds is 16. The maximum absolute atomic E-state index is 12.8. The zero-order chi connectivity index (χ0) is 38.1. The quantitative estimate of drug-likeness (QED) is 0.105. The molecular formula is C35H50BrN9O7S. The Kier molecular flexibility index (Phi) is 13.8. The number of aromatic hydroxyl groups is 1. The predicted octanol–water partition coefficient (Wildman–Crippen LogP) is 3.32. The molecule has 2 aromatic carbocycles. The van der Waals surface area contributed by atoms with Gasteiger partial charge in [0, 0.05) is 83.4 Å². The van der Waals surface area contributed by atoms with Crippen molar-refractivity contribution in [3.63, 3.8) is 0 Å². The molecule has 2 aliphatic heterocycles. The number of nitrogens with zero attached hydrogens (tertiary/aromatic N) is 6. The van der Waals surface area contributed by atoms with Gasteiger partial charge in [-0.2, -0.15) is 4.98 Å². The van der Waals surface area contributed by atoms with Gasteiger partial charge in [0.05, 0.1) is 53.7 Å². The van der Waals surface area contributed by atoms with Crippen LogP contribution in [0.15, 0.2) is 41.0 Å². The van der Waals surface area contributed by atoms with E-state index >= 15 is 0 Å². The number of carbonyl (C=O) groups is 1. The van der Waals surface area contributed by atoms with Gasteiger partial charge in [-0.15, -0.1) is 0 Å². The number of likely N-dealkylation sites (N-methyl/N-ethyl adjacent to an activating group) is 1. The zero-order valence-electron chi connectivity index (χ0n) is 30.6. The Labute approximate surface area is 319 Å². The molecule has 0 aliphatic carbocycles. The summed E-state index contributed by atoms with van der Waals surface area (Å²) in [5.41, 5.74) is 2.02. The van der Waals surface area contributed by atoms with Crippen molar-refractivity contribution in [1.82, 2.24) is 25.1 Å². The van der Waals surface area contributed by atoms with E-state index in [0.29, 0.717) is 72.2 Å². The number of hydrogen-bond acceptors (Lipinski definition) is 14. The number of amides is 1. The van der Waals surface area contributed by atoms with Gasteiger partial charge in [-0.1, -0.05) is 0 Å². The van der Waals surface area contributed by atoms with E-state index in [1.54, 1.807) is 19.4 Å². The molecule has 290 valence electrons. The summed E-state index contributed by atoms with van der Waals surface area (Å²) >= 11 is 3.47. The minimum absolute atomic E-state index is 0.0660. The molecule has 0 atom stereocenters. The molecule has 53 heavy (non-hydrogen) atoms. The molecule has 2 saturated heterocycles. The van der Waals surface area contributed by atoms with Crippen LogP contribution in [-0.4, -0.2) is 137 Å². The van der Waals surface area contributed by atoms with E-state index < -0.39 is 10.0 Å². The lowest BCUT2D eigenvalue weighted by atomic mass is 10.0. The molecule has 0 saturated carbocycles. The second-order valence-corrected chi connectivity index (χ2v) is 16.1. The molecule has 2 aliphatic rings. The predicted molar refractivity (Wildman–Crippen MR) is 210 cm³/mol. The summed E-state index contributed by atoms with van der Waals surface area (Å²) in [5, 5.41) is 29.0. The fraction of sp³-hybridized carbons (Fsp3) is 0.514. The molecule has 0 bridgehead atoms. The van der Waals surface area contributed by atoms with E-state index in [4.69, 9.17) is 9.47 Å². The van der Waals surface area contributed by atoms with Crippen LogP contribution in [0.2, 0.25) is 0 Å². The maximum Gasteiger partial charge on any atom is 0.234 e. The highest BCUT2D eigenvalue weighted by molar-refractivity contribution is 9.10. The van der Waals surface area contributed by atoms with Crippen LogP contribution in [0.1, 0.15) is 25.7 Å². The van der Waals surface area contributed by atoms with Crippen LogP contribution >= 0.6 is 15.9 Å². The number of carbonyl (C=O) groups excluding carboxylic acids is 1. The molecular weight excluding hydrogens is 770 g/mol. The lowest BCUT2D eigenvalue weighted by molar-refractivity contribution is -0.123. The number of ether oxygens (including phenoxy) is 2. The van der Waals surface area contributed by atoms with Crippen LogP contribution in [-0.2, 0) is 14.8 Å². The summed E-state index contributed by atoms with van der Waals surface area (Å²) in [6.07, 6.45) is 5.48. The highest BCUT2D eigenvalue weighted by Crippen LogP contribution is 2.41. The number of methoxy groups -OCH3 is 1. The van der Waals surface area contributed by atoms with Gasteiger partial charge < -0.3 is 45.4 Å². The van der Waals surface area contributed by atoms with E-state index in [0.717, 1.165) is 55.3 Å². The average molecular weight is 821 g/mol. The second kappa shape index (κ2) is 18.3. The molecule has 1 amide bonds. The van der Waals surface area contributed by atoms with Gasteiger partial charge >= 0.3 is 0 Å². The first-order chi connectivity index (χ1) is 25.3. The summed E-state index contributed by atoms with van der Waals surface area (Å²) in [6.45, 7) is 6.05. The van der Waals surface area contributed by atoms with E-state index in [9.17, 15) is 23.4 Å². The standard InChI is InChI=1S/C35H50BrN9O7S/c1-42-13-15-44(16-14-42)23-33(48)38-24-9-11-45(12-10-24)30-21-31(51-3)28(20-32(30)52-18-6-5-17-46)40-35-37-22-26(36)34(41-35)39-27-8-7-25(47)19-29(27)43(2)53(4,49)50/h7-8,19-22,24,46-47H,5-6,9-18,23H2,1-4H3,(H,38,48)(H2,37,39,40,41). The van der Waals surface area contributed by atoms with E-state index in [-0.39, 0.29) is 35.9 Å². The van der Waals surface area contributed by atoms with Gasteiger partial charge in [0.2, 0.25) is 21.9 Å². The monoisotopic (exact) mass is 819 g/mol. The Balaban J connectivity index is 1.32. The topological polar surface area (TPSA) is 185 Å². The Morgan fingerprint density at radius 3 is 2.45 bits per heavy atom. The Bertz CT molecular complexity index is 1820. The SMILES string of the molecule is COc1cc(N2CCC(NC(=O)CN3CCN(C)CC3)CC2)c(OCCCCO)cc1Nc1ncc(Br)c(Nc2ccc(O)cc2N(C)S(C)(=O)=O)n1. The van der Waals surface area contributed by atoms with Gasteiger partial charge in [-0.25, -0.2) is 13.4 Å². The van der Waals surface area contributed by atoms with Crippen molar-refractivity contribution in [3.8, 4) is 17.2 Å². The van der Waals surface area contributed by atoms with Gasteiger partial charge in [0.25, 0.3) is 0 Å². The fourth-order valence-electron chi connectivity index (χ4n) is 6.15. The summed E-state index contributed by atoms with van der Waals surface area (Å²) in [5.74, 6) is 1.68. The molecule has 0 unspecified atom stereocenters. The number of hydrogen-bond donors (Lipinski definition) is 5. The molecule has 0 spiro atoms. The van der Waals surface area contributed by atoms with Crippen LogP contribution in [0, 0.1) is 0 Å². The van der Waals surface area contributed by atoms with E-state index in [2.05, 4.69) is 63.6 Å². The second-order valence-electron chi connectivity index (χ2n) is 13.3. The van der Waals surface area contributed by atoms with Crippen molar-refractivity contribution in [2.45, 2.75) is 31.7 Å². The third kappa shape index (κ3) is 11.0. The summed E-state index contributed by atoms with van der Waals surface area (Å²) in [7, 11) is 1.44. The van der Waals surface area contributed by atoms with Gasteiger partial charge in [-0.05, 0) is 60.8 Å². The van der Waals surface area contributed by atoms with Gasteiger partial charge in [0.1, 0.15) is 23.1 Å².